The van der Waals surface area contributed by atoms with E-state index in [1.165, 1.54) is 24.3 Å². The predicted octanol–water partition coefficient (Wildman–Crippen LogP) is 4.72. The van der Waals surface area contributed by atoms with Crippen LogP contribution in [0.15, 0.2) is 35.7 Å². The molecule has 2 aromatic heterocycles. The average molecular weight is 465 g/mol. The summed E-state index contributed by atoms with van der Waals surface area (Å²) < 4.78 is 6.84. The molecule has 7 nitrogen and oxygen atoms in total. The maximum atomic E-state index is 12.0. The van der Waals surface area contributed by atoms with Crippen LogP contribution in [0.1, 0.15) is 29.4 Å². The Kier molecular flexibility index (Phi) is 7.25. The lowest BCUT2D eigenvalue weighted by Gasteiger charge is -2.03. The molecule has 156 valence electrons. The number of esters is 1. The molecule has 0 unspecified atom stereocenters. The highest BCUT2D eigenvalue weighted by molar-refractivity contribution is 7.13. The highest BCUT2D eigenvalue weighted by Gasteiger charge is 2.12. The molecule has 2 heterocycles. The Hall–Kier alpha value is -2.68. The second-order valence-corrected chi connectivity index (χ2v) is 7.99. The summed E-state index contributed by atoms with van der Waals surface area (Å²) >= 11 is 13.6. The van der Waals surface area contributed by atoms with Crippen molar-refractivity contribution in [3.63, 3.8) is 0 Å². The number of ether oxygens (including phenoxy) is 1. The molecule has 10 heteroatoms. The molecule has 30 heavy (non-hydrogen) atoms. The van der Waals surface area contributed by atoms with Gasteiger partial charge in [-0.1, -0.05) is 35.3 Å². The van der Waals surface area contributed by atoms with Crippen LogP contribution in [0.5, 0.6) is 0 Å². The number of rotatable bonds is 7. The number of carbonyl (C=O) groups is 2. The summed E-state index contributed by atoms with van der Waals surface area (Å²) in [6, 6.07) is 7.41. The number of aryl methyl sites for hydroxylation is 1. The van der Waals surface area contributed by atoms with Gasteiger partial charge in [0.2, 0.25) is 5.91 Å². The van der Waals surface area contributed by atoms with Crippen molar-refractivity contribution in [2.24, 2.45) is 0 Å². The zero-order valence-corrected chi connectivity index (χ0v) is 18.5. The molecule has 0 fully saturated rings. The average Bonchev–Trinajstić information content (AvgIpc) is 3.24. The third kappa shape index (κ3) is 5.91. The minimum atomic E-state index is -0.537. The standard InChI is InChI=1S/C20H18Cl2N4O3S/c1-12-17(19(22)26(25-12)9-14-3-5-15(21)6-4-14)7-8-18(28)29-10-16-11-30-20(24-16)23-13(2)27/h3-8,11H,9-10H2,1-2H3,(H,23,24,27)/b8-7+. The van der Waals surface area contributed by atoms with Crippen molar-refractivity contribution in [1.29, 1.82) is 0 Å². The number of thiazole rings is 1. The van der Waals surface area contributed by atoms with Crippen molar-refractivity contribution in [2.75, 3.05) is 5.32 Å². The summed E-state index contributed by atoms with van der Waals surface area (Å²) in [7, 11) is 0. The van der Waals surface area contributed by atoms with Gasteiger partial charge >= 0.3 is 5.97 Å². The quantitative estimate of drug-likeness (QED) is 0.403. The summed E-state index contributed by atoms with van der Waals surface area (Å²) in [5.41, 5.74) is 2.89. The fraction of sp³-hybridized carbons (Fsp3) is 0.200. The molecule has 0 bridgehead atoms. The van der Waals surface area contributed by atoms with E-state index in [2.05, 4.69) is 15.4 Å². The van der Waals surface area contributed by atoms with E-state index < -0.39 is 5.97 Å². The van der Waals surface area contributed by atoms with E-state index in [1.807, 2.05) is 19.1 Å². The molecule has 1 aromatic carbocycles. The van der Waals surface area contributed by atoms with E-state index in [0.29, 0.717) is 38.8 Å². The maximum absolute atomic E-state index is 12.0. The molecule has 0 saturated carbocycles. The van der Waals surface area contributed by atoms with Crippen LogP contribution in [-0.4, -0.2) is 26.6 Å². The predicted molar refractivity (Wildman–Crippen MR) is 118 cm³/mol. The number of benzene rings is 1. The van der Waals surface area contributed by atoms with Crippen LogP contribution in [0.3, 0.4) is 0 Å². The van der Waals surface area contributed by atoms with Crippen LogP contribution in [0.2, 0.25) is 10.2 Å². The van der Waals surface area contributed by atoms with Gasteiger partial charge in [0.1, 0.15) is 11.8 Å². The van der Waals surface area contributed by atoms with Crippen molar-refractivity contribution in [3.05, 3.63) is 68.4 Å². The van der Waals surface area contributed by atoms with Crippen molar-refractivity contribution < 1.29 is 14.3 Å². The van der Waals surface area contributed by atoms with Gasteiger partial charge in [0.25, 0.3) is 0 Å². The monoisotopic (exact) mass is 464 g/mol. The molecule has 3 aromatic rings. The van der Waals surface area contributed by atoms with E-state index in [4.69, 9.17) is 27.9 Å². The van der Waals surface area contributed by atoms with Gasteiger partial charge in [0.05, 0.1) is 17.9 Å². The van der Waals surface area contributed by atoms with Crippen LogP contribution >= 0.6 is 34.5 Å². The number of amides is 1. The molecule has 0 radical (unpaired) electrons. The van der Waals surface area contributed by atoms with E-state index in [9.17, 15) is 9.59 Å². The lowest BCUT2D eigenvalue weighted by molar-refractivity contribution is -0.139. The number of carbonyl (C=O) groups excluding carboxylic acids is 2. The van der Waals surface area contributed by atoms with Crippen molar-refractivity contribution >= 4 is 57.6 Å². The number of anilines is 1. The zero-order chi connectivity index (χ0) is 21.7. The second kappa shape index (κ2) is 9.88. The fourth-order valence-corrected chi connectivity index (χ4v) is 3.71. The van der Waals surface area contributed by atoms with Gasteiger partial charge in [-0.25, -0.2) is 14.5 Å². The lowest BCUT2D eigenvalue weighted by Crippen LogP contribution is -2.06. The minimum absolute atomic E-state index is 0.00179. The van der Waals surface area contributed by atoms with E-state index in [1.54, 1.807) is 28.3 Å². The molecule has 0 atom stereocenters. The highest BCUT2D eigenvalue weighted by atomic mass is 35.5. The molecule has 0 aliphatic rings. The van der Waals surface area contributed by atoms with Gasteiger partial charge in [-0.05, 0) is 30.7 Å². The molecule has 0 aliphatic carbocycles. The van der Waals surface area contributed by atoms with Crippen LogP contribution < -0.4 is 5.32 Å². The molecule has 1 N–H and O–H groups in total. The van der Waals surface area contributed by atoms with E-state index >= 15 is 0 Å². The first-order chi connectivity index (χ1) is 14.3. The van der Waals surface area contributed by atoms with Gasteiger partial charge in [0, 0.05) is 29.0 Å². The molecule has 3 rings (SSSR count). The molecule has 0 spiro atoms. The number of aromatic nitrogens is 3. The number of nitrogens with zero attached hydrogens (tertiary/aromatic N) is 3. The van der Waals surface area contributed by atoms with Gasteiger partial charge < -0.3 is 10.1 Å². The fourth-order valence-electron chi connectivity index (χ4n) is 2.55. The molecule has 0 aliphatic heterocycles. The Labute approximate surface area is 187 Å². The minimum Gasteiger partial charge on any atom is -0.456 e. The van der Waals surface area contributed by atoms with Crippen molar-refractivity contribution in [1.82, 2.24) is 14.8 Å². The Balaban J connectivity index is 1.60. The molecule has 0 saturated heterocycles. The topological polar surface area (TPSA) is 86.1 Å². The summed E-state index contributed by atoms with van der Waals surface area (Å²) in [4.78, 5) is 27.2. The number of hydrogen-bond acceptors (Lipinski definition) is 6. The SMILES string of the molecule is CC(=O)Nc1nc(COC(=O)/C=C/c2c(C)nn(Cc3ccc(Cl)cc3)c2Cl)cs1. The summed E-state index contributed by atoms with van der Waals surface area (Å²) in [6.45, 7) is 3.70. The van der Waals surface area contributed by atoms with Crippen LogP contribution in [0, 0.1) is 6.92 Å². The van der Waals surface area contributed by atoms with Gasteiger partial charge in [0.15, 0.2) is 5.13 Å². The van der Waals surface area contributed by atoms with E-state index in [0.717, 1.165) is 5.56 Å². The lowest BCUT2D eigenvalue weighted by atomic mass is 10.2. The number of halogens is 2. The van der Waals surface area contributed by atoms with Crippen LogP contribution in [-0.2, 0) is 27.5 Å². The van der Waals surface area contributed by atoms with Crippen molar-refractivity contribution in [2.45, 2.75) is 27.0 Å². The van der Waals surface area contributed by atoms with Crippen LogP contribution in [0.4, 0.5) is 5.13 Å². The normalized spacial score (nSPS) is 11.1. The van der Waals surface area contributed by atoms with Crippen molar-refractivity contribution in [3.8, 4) is 0 Å². The Morgan fingerprint density at radius 3 is 2.70 bits per heavy atom. The first-order valence-corrected chi connectivity index (χ1v) is 10.5. The van der Waals surface area contributed by atoms with Gasteiger partial charge in [-0.3, -0.25) is 4.79 Å². The van der Waals surface area contributed by atoms with E-state index in [-0.39, 0.29) is 12.5 Å². The Bertz CT molecular complexity index is 1090. The zero-order valence-electron chi connectivity index (χ0n) is 16.2. The first-order valence-electron chi connectivity index (χ1n) is 8.86. The first kappa shape index (κ1) is 22.0. The largest absolute Gasteiger partial charge is 0.456 e. The second-order valence-electron chi connectivity index (χ2n) is 6.34. The molecule has 1 amide bonds. The number of hydrogen-bond donors (Lipinski definition) is 1. The third-order valence-corrected chi connectivity index (χ3v) is 5.40. The summed E-state index contributed by atoms with van der Waals surface area (Å²) in [6.07, 6.45) is 2.87. The third-order valence-electron chi connectivity index (χ3n) is 3.94. The molecular formula is C20H18Cl2N4O3S. The van der Waals surface area contributed by atoms with Crippen LogP contribution in [0.25, 0.3) is 6.08 Å². The Morgan fingerprint density at radius 1 is 1.27 bits per heavy atom. The maximum Gasteiger partial charge on any atom is 0.331 e. The summed E-state index contributed by atoms with van der Waals surface area (Å²) in [5.74, 6) is -0.746. The summed E-state index contributed by atoms with van der Waals surface area (Å²) in [5, 5.41) is 10.3. The smallest absolute Gasteiger partial charge is 0.331 e. The molecular weight excluding hydrogens is 447 g/mol. The van der Waals surface area contributed by atoms with Gasteiger partial charge in [-0.2, -0.15) is 5.10 Å². The van der Waals surface area contributed by atoms with Gasteiger partial charge in [-0.15, -0.1) is 11.3 Å². The number of nitrogens with one attached hydrogen (secondary N) is 1. The highest BCUT2D eigenvalue weighted by Crippen LogP contribution is 2.23. The Morgan fingerprint density at radius 2 is 2.00 bits per heavy atom.